The van der Waals surface area contributed by atoms with Gasteiger partial charge >= 0.3 is 0 Å². The minimum Gasteiger partial charge on any atom is -0.324 e. The highest BCUT2D eigenvalue weighted by Crippen LogP contribution is 2.24. The first-order valence-electron chi connectivity index (χ1n) is 9.87. The molecule has 4 rings (SSSR count). The molecule has 1 N–H and O–H groups in total. The first-order valence-corrected chi connectivity index (χ1v) is 9.87. The molecule has 0 aliphatic heterocycles. The number of fused-ring (bicyclic) bond motifs is 1. The van der Waals surface area contributed by atoms with E-state index in [4.69, 9.17) is 0 Å². The number of amides is 1. The molecule has 0 saturated carbocycles. The summed E-state index contributed by atoms with van der Waals surface area (Å²) in [5.74, 6) is -0.257. The van der Waals surface area contributed by atoms with Crippen molar-refractivity contribution in [1.82, 2.24) is 14.3 Å². The van der Waals surface area contributed by atoms with Gasteiger partial charge in [-0.05, 0) is 57.0 Å². The standard InChI is InChI=1S/C24H24N4O2/c1-15-10-11-20(16(2)12-15)25-21(29)14-27-22(30)13-17(3)23-18(4)26-28(24(23)27)19-8-6-5-7-9-19/h5-13H,14H2,1-4H3,(H,25,29). The normalized spacial score (nSPS) is 11.1. The number of carbonyl (C=O) groups is 1. The number of nitrogens with zero attached hydrogens (tertiary/aromatic N) is 3. The van der Waals surface area contributed by atoms with Crippen molar-refractivity contribution in [3.8, 4) is 5.69 Å². The van der Waals surface area contributed by atoms with E-state index in [1.54, 1.807) is 10.7 Å². The van der Waals surface area contributed by atoms with Gasteiger partial charge < -0.3 is 5.32 Å². The molecule has 2 aromatic carbocycles. The quantitative estimate of drug-likeness (QED) is 0.562. The first kappa shape index (κ1) is 19.6. The fourth-order valence-electron chi connectivity index (χ4n) is 3.85. The van der Waals surface area contributed by atoms with Gasteiger partial charge in [0.25, 0.3) is 5.56 Å². The molecule has 0 saturated heterocycles. The lowest BCUT2D eigenvalue weighted by Crippen LogP contribution is -2.29. The van der Waals surface area contributed by atoms with Crippen LogP contribution in [0.4, 0.5) is 5.69 Å². The Morgan fingerprint density at radius 3 is 2.40 bits per heavy atom. The number of benzene rings is 2. The lowest BCUT2D eigenvalue weighted by molar-refractivity contribution is -0.116. The topological polar surface area (TPSA) is 68.9 Å². The van der Waals surface area contributed by atoms with Gasteiger partial charge in [0.05, 0.1) is 11.4 Å². The van der Waals surface area contributed by atoms with Gasteiger partial charge in [-0.2, -0.15) is 5.10 Å². The smallest absolute Gasteiger partial charge is 0.252 e. The summed E-state index contributed by atoms with van der Waals surface area (Å²) in [4.78, 5) is 25.7. The molecule has 0 spiro atoms. The molecular formula is C24H24N4O2. The SMILES string of the molecule is Cc1ccc(NC(=O)Cn2c(=O)cc(C)c3c(C)nn(-c4ccccc4)c32)c(C)c1. The van der Waals surface area contributed by atoms with E-state index in [-0.39, 0.29) is 18.0 Å². The number of pyridine rings is 1. The summed E-state index contributed by atoms with van der Waals surface area (Å²) in [6.45, 7) is 7.68. The zero-order valence-electron chi connectivity index (χ0n) is 17.6. The fraction of sp³-hybridized carbons (Fsp3) is 0.208. The van der Waals surface area contributed by atoms with E-state index in [0.29, 0.717) is 5.65 Å². The van der Waals surface area contributed by atoms with Gasteiger partial charge in [-0.15, -0.1) is 0 Å². The van der Waals surface area contributed by atoms with Crippen molar-refractivity contribution in [3.05, 3.63) is 87.3 Å². The molecule has 0 fully saturated rings. The van der Waals surface area contributed by atoms with E-state index in [9.17, 15) is 9.59 Å². The van der Waals surface area contributed by atoms with Gasteiger partial charge in [0.2, 0.25) is 5.91 Å². The van der Waals surface area contributed by atoms with E-state index < -0.39 is 0 Å². The third kappa shape index (κ3) is 3.52. The monoisotopic (exact) mass is 400 g/mol. The molecular weight excluding hydrogens is 376 g/mol. The molecule has 2 aromatic heterocycles. The van der Waals surface area contributed by atoms with Crippen LogP contribution in [-0.4, -0.2) is 20.3 Å². The van der Waals surface area contributed by atoms with Crippen LogP contribution in [0.25, 0.3) is 16.7 Å². The Labute approximate surface area is 174 Å². The van der Waals surface area contributed by atoms with Gasteiger partial charge in [0.1, 0.15) is 12.2 Å². The predicted molar refractivity (Wildman–Crippen MR) is 119 cm³/mol. The molecule has 4 aromatic rings. The van der Waals surface area contributed by atoms with Crippen LogP contribution < -0.4 is 10.9 Å². The van der Waals surface area contributed by atoms with Crippen LogP contribution >= 0.6 is 0 Å². The van der Waals surface area contributed by atoms with Crippen LogP contribution in [0.15, 0.2) is 59.4 Å². The number of aryl methyl sites for hydroxylation is 4. The van der Waals surface area contributed by atoms with E-state index >= 15 is 0 Å². The molecule has 1 amide bonds. The summed E-state index contributed by atoms with van der Waals surface area (Å²) in [6, 6.07) is 17.0. The number of nitrogens with one attached hydrogen (secondary N) is 1. The molecule has 0 radical (unpaired) electrons. The molecule has 0 aliphatic carbocycles. The number of rotatable bonds is 4. The van der Waals surface area contributed by atoms with Gasteiger partial charge in [0, 0.05) is 17.1 Å². The van der Waals surface area contributed by atoms with Crippen LogP contribution in [0.5, 0.6) is 0 Å². The fourth-order valence-corrected chi connectivity index (χ4v) is 3.85. The minimum absolute atomic E-state index is 0.0963. The molecule has 0 aliphatic rings. The number of hydrogen-bond acceptors (Lipinski definition) is 3. The summed E-state index contributed by atoms with van der Waals surface area (Å²) in [5, 5.41) is 8.48. The van der Waals surface area contributed by atoms with Gasteiger partial charge in [0.15, 0.2) is 0 Å². The second kappa shape index (κ2) is 7.63. The number of anilines is 1. The highest BCUT2D eigenvalue weighted by Gasteiger charge is 2.19. The first-order chi connectivity index (χ1) is 14.3. The van der Waals surface area contributed by atoms with Crippen LogP contribution in [0.1, 0.15) is 22.4 Å². The van der Waals surface area contributed by atoms with Crippen molar-refractivity contribution in [2.24, 2.45) is 0 Å². The van der Waals surface area contributed by atoms with Gasteiger partial charge in [-0.1, -0.05) is 35.9 Å². The molecule has 0 atom stereocenters. The summed E-state index contributed by atoms with van der Waals surface area (Å²) in [7, 11) is 0. The highest BCUT2D eigenvalue weighted by molar-refractivity contribution is 5.93. The van der Waals surface area contributed by atoms with Crippen LogP contribution in [0.2, 0.25) is 0 Å². The van der Waals surface area contributed by atoms with Crippen LogP contribution in [-0.2, 0) is 11.3 Å². The Balaban J connectivity index is 1.80. The number of aromatic nitrogens is 3. The third-order valence-corrected chi connectivity index (χ3v) is 5.25. The molecule has 2 heterocycles. The lowest BCUT2D eigenvalue weighted by Gasteiger charge is -2.13. The summed E-state index contributed by atoms with van der Waals surface area (Å²) in [5.41, 5.74) is 5.75. The van der Waals surface area contributed by atoms with Crippen molar-refractivity contribution in [3.63, 3.8) is 0 Å². The Bertz CT molecular complexity index is 1320. The third-order valence-electron chi connectivity index (χ3n) is 5.25. The highest BCUT2D eigenvalue weighted by atomic mass is 16.2. The van der Waals surface area contributed by atoms with Crippen LogP contribution in [0, 0.1) is 27.7 Å². The lowest BCUT2D eigenvalue weighted by atomic mass is 10.1. The summed E-state index contributed by atoms with van der Waals surface area (Å²) >= 11 is 0. The predicted octanol–water partition coefficient (Wildman–Crippen LogP) is 4.06. The maximum absolute atomic E-state index is 12.9. The van der Waals surface area contributed by atoms with Crippen molar-refractivity contribution >= 4 is 22.6 Å². The van der Waals surface area contributed by atoms with E-state index in [1.165, 1.54) is 4.57 Å². The Morgan fingerprint density at radius 1 is 0.967 bits per heavy atom. The molecule has 6 nitrogen and oxygen atoms in total. The minimum atomic E-state index is -0.257. The van der Waals surface area contributed by atoms with Crippen LogP contribution in [0.3, 0.4) is 0 Å². The van der Waals surface area contributed by atoms with E-state index in [1.807, 2.05) is 76.2 Å². The van der Waals surface area contributed by atoms with Gasteiger partial charge in [-0.25, -0.2) is 4.68 Å². The van der Waals surface area contributed by atoms with Crippen molar-refractivity contribution in [2.75, 3.05) is 5.32 Å². The van der Waals surface area contributed by atoms with E-state index in [2.05, 4.69) is 10.4 Å². The number of hydrogen-bond donors (Lipinski definition) is 1. The molecule has 30 heavy (non-hydrogen) atoms. The second-order valence-corrected chi connectivity index (χ2v) is 7.65. The zero-order chi connectivity index (χ0) is 21.4. The Hall–Kier alpha value is -3.67. The molecule has 152 valence electrons. The van der Waals surface area contributed by atoms with E-state index in [0.717, 1.165) is 39.1 Å². The van der Waals surface area contributed by atoms with Crippen molar-refractivity contribution in [2.45, 2.75) is 34.2 Å². The number of carbonyl (C=O) groups excluding carboxylic acids is 1. The summed E-state index contributed by atoms with van der Waals surface area (Å²) < 4.78 is 3.23. The van der Waals surface area contributed by atoms with Gasteiger partial charge in [-0.3, -0.25) is 14.2 Å². The maximum Gasteiger partial charge on any atom is 0.252 e. The molecule has 6 heteroatoms. The molecule has 0 unspecified atom stereocenters. The van der Waals surface area contributed by atoms with Crippen molar-refractivity contribution < 1.29 is 4.79 Å². The Morgan fingerprint density at radius 2 is 1.70 bits per heavy atom. The Kier molecular flexibility index (Phi) is 4.99. The average molecular weight is 400 g/mol. The summed E-state index contributed by atoms with van der Waals surface area (Å²) in [6.07, 6.45) is 0. The average Bonchev–Trinajstić information content (AvgIpc) is 3.06. The largest absolute Gasteiger partial charge is 0.324 e. The zero-order valence-corrected chi connectivity index (χ0v) is 17.6. The second-order valence-electron chi connectivity index (χ2n) is 7.65. The number of para-hydroxylation sites is 1. The maximum atomic E-state index is 12.9. The van der Waals surface area contributed by atoms with Crippen molar-refractivity contribution in [1.29, 1.82) is 0 Å². The molecule has 0 bridgehead atoms.